The van der Waals surface area contributed by atoms with Gasteiger partial charge in [0.2, 0.25) is 0 Å². The molecule has 3 rings (SSSR count). The van der Waals surface area contributed by atoms with Crippen molar-refractivity contribution in [3.63, 3.8) is 0 Å². The SMILES string of the molecule is OCc1csc(Cc2nc3ccccc3[nH]2)n1. The average Bonchev–Trinajstić information content (AvgIpc) is 2.94. The molecule has 0 saturated heterocycles. The van der Waals surface area contributed by atoms with E-state index in [1.54, 1.807) is 11.3 Å². The summed E-state index contributed by atoms with van der Waals surface area (Å²) >= 11 is 1.55. The smallest absolute Gasteiger partial charge is 0.114 e. The highest BCUT2D eigenvalue weighted by atomic mass is 32.1. The monoisotopic (exact) mass is 245 g/mol. The Hall–Kier alpha value is -1.72. The number of rotatable bonds is 3. The quantitative estimate of drug-likeness (QED) is 0.743. The Balaban J connectivity index is 1.89. The fourth-order valence-electron chi connectivity index (χ4n) is 1.74. The second-order valence-corrected chi connectivity index (χ2v) is 4.71. The van der Waals surface area contributed by atoms with Gasteiger partial charge >= 0.3 is 0 Å². The van der Waals surface area contributed by atoms with Crippen LogP contribution >= 0.6 is 11.3 Å². The van der Waals surface area contributed by atoms with Crippen LogP contribution in [0, 0.1) is 0 Å². The van der Waals surface area contributed by atoms with Crippen molar-refractivity contribution in [2.45, 2.75) is 13.0 Å². The van der Waals surface area contributed by atoms with Gasteiger partial charge in [0.05, 0.1) is 29.8 Å². The van der Waals surface area contributed by atoms with E-state index in [-0.39, 0.29) is 6.61 Å². The van der Waals surface area contributed by atoms with Gasteiger partial charge in [0.15, 0.2) is 0 Å². The molecule has 0 aliphatic heterocycles. The first-order valence-corrected chi connectivity index (χ1v) is 6.21. The number of nitrogens with one attached hydrogen (secondary N) is 1. The van der Waals surface area contributed by atoms with Gasteiger partial charge in [-0.25, -0.2) is 9.97 Å². The van der Waals surface area contributed by atoms with Crippen LogP contribution < -0.4 is 0 Å². The van der Waals surface area contributed by atoms with Crippen molar-refractivity contribution < 1.29 is 5.11 Å². The second-order valence-electron chi connectivity index (χ2n) is 3.77. The molecular formula is C12H11N3OS. The van der Waals surface area contributed by atoms with Gasteiger partial charge in [0.1, 0.15) is 10.8 Å². The molecule has 86 valence electrons. The molecule has 17 heavy (non-hydrogen) atoms. The number of aliphatic hydroxyl groups excluding tert-OH is 1. The zero-order chi connectivity index (χ0) is 11.7. The van der Waals surface area contributed by atoms with Crippen LogP contribution in [0.15, 0.2) is 29.6 Å². The molecule has 0 bridgehead atoms. The van der Waals surface area contributed by atoms with Crippen molar-refractivity contribution >= 4 is 22.4 Å². The van der Waals surface area contributed by atoms with Crippen molar-refractivity contribution in [1.82, 2.24) is 15.0 Å². The number of thiazole rings is 1. The molecule has 0 amide bonds. The minimum absolute atomic E-state index is 0.00334. The van der Waals surface area contributed by atoms with E-state index < -0.39 is 0 Å². The molecule has 0 spiro atoms. The van der Waals surface area contributed by atoms with Crippen LogP contribution in [0.4, 0.5) is 0 Å². The van der Waals surface area contributed by atoms with Crippen LogP contribution in [-0.4, -0.2) is 20.1 Å². The zero-order valence-electron chi connectivity index (χ0n) is 9.05. The number of benzene rings is 1. The van der Waals surface area contributed by atoms with Crippen molar-refractivity contribution in [3.8, 4) is 0 Å². The number of nitrogens with zero attached hydrogens (tertiary/aromatic N) is 2. The summed E-state index contributed by atoms with van der Waals surface area (Å²) in [5.74, 6) is 0.907. The fourth-order valence-corrected chi connectivity index (χ4v) is 2.52. The largest absolute Gasteiger partial charge is 0.390 e. The van der Waals surface area contributed by atoms with E-state index in [0.29, 0.717) is 6.42 Å². The van der Waals surface area contributed by atoms with E-state index in [2.05, 4.69) is 15.0 Å². The predicted molar refractivity (Wildman–Crippen MR) is 66.9 cm³/mol. The molecular weight excluding hydrogens is 234 g/mol. The van der Waals surface area contributed by atoms with E-state index in [1.807, 2.05) is 29.6 Å². The summed E-state index contributed by atoms with van der Waals surface area (Å²) in [6, 6.07) is 7.95. The van der Waals surface area contributed by atoms with Crippen molar-refractivity contribution in [2.24, 2.45) is 0 Å². The van der Waals surface area contributed by atoms with Gasteiger partial charge in [0.25, 0.3) is 0 Å². The number of hydrogen-bond donors (Lipinski definition) is 2. The Morgan fingerprint density at radius 2 is 2.12 bits per heavy atom. The lowest BCUT2D eigenvalue weighted by molar-refractivity contribution is 0.277. The van der Waals surface area contributed by atoms with Gasteiger partial charge in [0, 0.05) is 5.38 Å². The van der Waals surface area contributed by atoms with Crippen LogP contribution in [0.1, 0.15) is 16.5 Å². The minimum atomic E-state index is -0.00334. The van der Waals surface area contributed by atoms with E-state index >= 15 is 0 Å². The normalized spacial score (nSPS) is 11.1. The van der Waals surface area contributed by atoms with Crippen LogP contribution in [-0.2, 0) is 13.0 Å². The minimum Gasteiger partial charge on any atom is -0.390 e. The van der Waals surface area contributed by atoms with Crippen LogP contribution in [0.5, 0.6) is 0 Å². The van der Waals surface area contributed by atoms with Crippen molar-refractivity contribution in [1.29, 1.82) is 0 Å². The average molecular weight is 245 g/mol. The molecule has 2 aromatic heterocycles. The van der Waals surface area contributed by atoms with E-state index in [1.165, 1.54) is 0 Å². The molecule has 2 heterocycles. The highest BCUT2D eigenvalue weighted by Crippen LogP contribution is 2.16. The Labute approximate surface area is 102 Å². The van der Waals surface area contributed by atoms with Crippen molar-refractivity contribution in [2.75, 3.05) is 0 Å². The molecule has 0 atom stereocenters. The predicted octanol–water partition coefficient (Wildman–Crippen LogP) is 2.10. The zero-order valence-corrected chi connectivity index (χ0v) is 9.87. The molecule has 0 aliphatic rings. The molecule has 4 nitrogen and oxygen atoms in total. The highest BCUT2D eigenvalue weighted by Gasteiger charge is 2.06. The summed E-state index contributed by atoms with van der Waals surface area (Å²) in [5.41, 5.74) is 2.74. The van der Waals surface area contributed by atoms with E-state index in [0.717, 1.165) is 27.6 Å². The summed E-state index contributed by atoms with van der Waals surface area (Å²) in [5, 5.41) is 11.8. The molecule has 0 radical (unpaired) electrons. The molecule has 0 saturated carbocycles. The number of imidazole rings is 1. The summed E-state index contributed by atoms with van der Waals surface area (Å²) < 4.78 is 0. The Bertz CT molecular complexity index is 611. The maximum atomic E-state index is 8.95. The number of hydrogen-bond acceptors (Lipinski definition) is 4. The summed E-state index contributed by atoms with van der Waals surface area (Å²) in [6.07, 6.45) is 0.680. The third kappa shape index (κ3) is 2.07. The van der Waals surface area contributed by atoms with Crippen molar-refractivity contribution in [3.05, 3.63) is 46.2 Å². The van der Waals surface area contributed by atoms with Gasteiger partial charge in [-0.05, 0) is 12.1 Å². The summed E-state index contributed by atoms with van der Waals surface area (Å²) in [6.45, 7) is -0.00334. The molecule has 1 aromatic carbocycles. The number of aromatic amines is 1. The van der Waals surface area contributed by atoms with Crippen LogP contribution in [0.2, 0.25) is 0 Å². The first kappa shape index (κ1) is 10.4. The van der Waals surface area contributed by atoms with Gasteiger partial charge in [-0.2, -0.15) is 0 Å². The van der Waals surface area contributed by atoms with Crippen LogP contribution in [0.3, 0.4) is 0 Å². The van der Waals surface area contributed by atoms with Gasteiger partial charge in [-0.3, -0.25) is 0 Å². The lowest BCUT2D eigenvalue weighted by Gasteiger charge is -1.90. The number of H-pyrrole nitrogens is 1. The number of para-hydroxylation sites is 2. The molecule has 2 N–H and O–H groups in total. The van der Waals surface area contributed by atoms with E-state index in [9.17, 15) is 0 Å². The molecule has 0 aliphatic carbocycles. The third-order valence-corrected chi connectivity index (χ3v) is 3.42. The Morgan fingerprint density at radius 3 is 2.88 bits per heavy atom. The number of aromatic nitrogens is 3. The second kappa shape index (κ2) is 4.27. The third-order valence-electron chi connectivity index (χ3n) is 2.52. The summed E-state index contributed by atoms with van der Waals surface area (Å²) in [4.78, 5) is 12.1. The maximum absolute atomic E-state index is 8.95. The molecule has 0 fully saturated rings. The number of aliphatic hydroxyl groups is 1. The molecule has 3 aromatic rings. The topological polar surface area (TPSA) is 61.8 Å². The first-order chi connectivity index (χ1) is 8.35. The van der Waals surface area contributed by atoms with Gasteiger partial charge in [-0.1, -0.05) is 12.1 Å². The molecule has 5 heteroatoms. The Kier molecular flexibility index (Phi) is 2.62. The lowest BCUT2D eigenvalue weighted by atomic mass is 10.3. The fraction of sp³-hybridized carbons (Fsp3) is 0.167. The van der Waals surface area contributed by atoms with Gasteiger partial charge < -0.3 is 10.1 Å². The Morgan fingerprint density at radius 1 is 1.24 bits per heavy atom. The first-order valence-electron chi connectivity index (χ1n) is 5.33. The maximum Gasteiger partial charge on any atom is 0.114 e. The van der Waals surface area contributed by atoms with Crippen LogP contribution in [0.25, 0.3) is 11.0 Å². The van der Waals surface area contributed by atoms with E-state index in [4.69, 9.17) is 5.11 Å². The molecule has 0 unspecified atom stereocenters. The highest BCUT2D eigenvalue weighted by molar-refractivity contribution is 7.09. The standard InChI is InChI=1S/C12H11N3OS/c16-6-8-7-17-12(13-8)5-11-14-9-3-1-2-4-10(9)15-11/h1-4,7,16H,5-6H2,(H,14,15). The summed E-state index contributed by atoms with van der Waals surface area (Å²) in [7, 11) is 0. The number of fused-ring (bicyclic) bond motifs is 1. The lowest BCUT2D eigenvalue weighted by Crippen LogP contribution is -1.91. The van der Waals surface area contributed by atoms with Gasteiger partial charge in [-0.15, -0.1) is 11.3 Å².